The number of nitrogens with zero attached hydrogens (tertiary/aromatic N) is 3. The molecule has 0 radical (unpaired) electrons. The van der Waals surface area contributed by atoms with Crippen LogP contribution < -0.4 is 10.1 Å². The van der Waals surface area contributed by atoms with Crippen LogP contribution in [-0.4, -0.2) is 39.4 Å². The number of para-hydroxylation sites is 1. The second-order valence-electron chi connectivity index (χ2n) is 9.21. The molecule has 3 rings (SSSR count). The molecule has 6 nitrogen and oxygen atoms in total. The van der Waals surface area contributed by atoms with E-state index in [2.05, 4.69) is 76.1 Å². The summed E-state index contributed by atoms with van der Waals surface area (Å²) in [5.41, 5.74) is 3.68. The summed E-state index contributed by atoms with van der Waals surface area (Å²) in [6, 6.07) is 18.1. The van der Waals surface area contributed by atoms with Crippen molar-refractivity contribution in [2.24, 2.45) is 0 Å². The van der Waals surface area contributed by atoms with Crippen LogP contribution in [0.25, 0.3) is 0 Å². The van der Waals surface area contributed by atoms with E-state index in [0.29, 0.717) is 18.8 Å². The highest BCUT2D eigenvalue weighted by Gasteiger charge is 2.07. The minimum atomic E-state index is 0.0569. The average molecular weight is 583 g/mol. The number of aromatic nitrogens is 3. The number of hydrogen-bond donors (Lipinski definition) is 2. The lowest BCUT2D eigenvalue weighted by atomic mass is 10.1. The van der Waals surface area contributed by atoms with Crippen LogP contribution in [0.5, 0.6) is 5.75 Å². The molecule has 0 spiro atoms. The van der Waals surface area contributed by atoms with Gasteiger partial charge in [0.2, 0.25) is 5.91 Å². The van der Waals surface area contributed by atoms with Crippen LogP contribution in [0.2, 0.25) is 0 Å². The number of carbonyl (C=O) groups is 1. The summed E-state index contributed by atoms with van der Waals surface area (Å²) in [6.07, 6.45) is 14.1. The Labute approximate surface area is 250 Å². The van der Waals surface area contributed by atoms with Crippen molar-refractivity contribution in [2.75, 3.05) is 18.7 Å². The molecule has 0 unspecified atom stereocenters. The van der Waals surface area contributed by atoms with Crippen molar-refractivity contribution in [3.8, 4) is 5.75 Å². The highest BCUT2D eigenvalue weighted by molar-refractivity contribution is 7.80. The van der Waals surface area contributed by atoms with E-state index in [-0.39, 0.29) is 5.91 Å². The standard InChI is InChI=1S/C23H28N4O2.C9H15ClS/c1-29-21-12-6-5-11-20(21)17-24-23(28)14-8-7-13-22-26-25-18-27(22)16-15-19-9-3-2-4-10-19;1-2-9(8-11)6-4-3-5-7-10/h2-6,9-12,18H,7-8,13-17H2,1H3,(H,24,28);3,5-6,11H,2,4,7-8H2,1H3/b;5-3-,9-6+. The second-order valence-corrected chi connectivity index (χ2v) is 9.83. The summed E-state index contributed by atoms with van der Waals surface area (Å²) in [4.78, 5) is 12.1. The molecule has 2 aromatic carbocycles. The Bertz CT molecular complexity index is 1160. The monoisotopic (exact) mass is 582 g/mol. The lowest BCUT2D eigenvalue weighted by Gasteiger charge is -2.09. The normalized spacial score (nSPS) is 11.2. The van der Waals surface area contributed by atoms with Crippen molar-refractivity contribution in [3.05, 3.63) is 102 Å². The van der Waals surface area contributed by atoms with Gasteiger partial charge in [0.15, 0.2) is 0 Å². The van der Waals surface area contributed by atoms with E-state index in [0.717, 1.165) is 68.0 Å². The SMILES string of the molecule is CC/C(=C\C/C=C\CCl)CS.COc1ccccc1CNC(=O)CCCCc1nncn1CCc1ccccc1. The van der Waals surface area contributed by atoms with Gasteiger partial charge in [-0.3, -0.25) is 4.79 Å². The Hall–Kier alpha value is -3.03. The number of alkyl halides is 1. The van der Waals surface area contributed by atoms with Gasteiger partial charge in [0.05, 0.1) is 7.11 Å². The van der Waals surface area contributed by atoms with Crippen molar-refractivity contribution in [3.63, 3.8) is 0 Å². The highest BCUT2D eigenvalue weighted by atomic mass is 35.5. The average Bonchev–Trinajstić information content (AvgIpc) is 3.45. The van der Waals surface area contributed by atoms with Gasteiger partial charge < -0.3 is 14.6 Å². The van der Waals surface area contributed by atoms with Crippen molar-refractivity contribution in [1.82, 2.24) is 20.1 Å². The molecule has 3 aromatic rings. The molecule has 0 aliphatic heterocycles. The quantitative estimate of drug-likeness (QED) is 0.0826. The molecule has 8 heteroatoms. The third-order valence-corrected chi connectivity index (χ3v) is 6.94. The Morgan fingerprint density at radius 2 is 1.85 bits per heavy atom. The molecule has 1 amide bonds. The zero-order valence-corrected chi connectivity index (χ0v) is 25.4. The number of thiol groups is 1. The number of unbranched alkanes of at least 4 members (excludes halogenated alkanes) is 1. The summed E-state index contributed by atoms with van der Waals surface area (Å²) >= 11 is 9.66. The van der Waals surface area contributed by atoms with E-state index < -0.39 is 0 Å². The van der Waals surface area contributed by atoms with Gasteiger partial charge in [0.1, 0.15) is 17.9 Å². The van der Waals surface area contributed by atoms with Crippen LogP contribution in [0.15, 0.2) is 84.7 Å². The van der Waals surface area contributed by atoms with E-state index in [9.17, 15) is 4.79 Å². The smallest absolute Gasteiger partial charge is 0.220 e. The lowest BCUT2D eigenvalue weighted by Crippen LogP contribution is -2.22. The fourth-order valence-corrected chi connectivity index (χ4v) is 4.45. The van der Waals surface area contributed by atoms with E-state index in [1.165, 1.54) is 11.1 Å². The van der Waals surface area contributed by atoms with Gasteiger partial charge in [0.25, 0.3) is 0 Å². The molecule has 0 fully saturated rings. The summed E-state index contributed by atoms with van der Waals surface area (Å²) in [5.74, 6) is 3.31. The van der Waals surface area contributed by atoms with Gasteiger partial charge >= 0.3 is 0 Å². The summed E-state index contributed by atoms with van der Waals surface area (Å²) in [5, 5.41) is 11.3. The number of hydrogen-bond acceptors (Lipinski definition) is 5. The van der Waals surface area contributed by atoms with Crippen LogP contribution in [0.4, 0.5) is 0 Å². The van der Waals surface area contributed by atoms with Crippen molar-refractivity contribution in [1.29, 1.82) is 0 Å². The summed E-state index contributed by atoms with van der Waals surface area (Å²) in [6.45, 7) is 3.50. The van der Waals surface area contributed by atoms with Crippen molar-refractivity contribution >= 4 is 30.1 Å². The van der Waals surface area contributed by atoms with Crippen molar-refractivity contribution in [2.45, 2.75) is 65.0 Å². The van der Waals surface area contributed by atoms with E-state index >= 15 is 0 Å². The molecule has 1 aromatic heterocycles. The number of ether oxygens (including phenoxy) is 1. The summed E-state index contributed by atoms with van der Waals surface area (Å²) in [7, 11) is 1.64. The van der Waals surface area contributed by atoms with Crippen LogP contribution in [0.3, 0.4) is 0 Å². The number of carbonyl (C=O) groups excluding carboxylic acids is 1. The molecule has 1 heterocycles. The van der Waals surface area contributed by atoms with Gasteiger partial charge in [-0.15, -0.1) is 21.8 Å². The molecule has 40 heavy (non-hydrogen) atoms. The van der Waals surface area contributed by atoms with Gasteiger partial charge in [-0.2, -0.15) is 12.6 Å². The molecular weight excluding hydrogens is 540 g/mol. The molecule has 0 saturated carbocycles. The highest BCUT2D eigenvalue weighted by Crippen LogP contribution is 2.16. The first-order valence-corrected chi connectivity index (χ1v) is 15.1. The number of benzene rings is 2. The zero-order valence-electron chi connectivity index (χ0n) is 23.8. The Morgan fingerprint density at radius 1 is 1.07 bits per heavy atom. The number of allylic oxidation sites excluding steroid dienone is 3. The van der Waals surface area contributed by atoms with E-state index in [1.54, 1.807) is 13.4 Å². The van der Waals surface area contributed by atoms with E-state index in [1.807, 2.05) is 36.4 Å². The number of methoxy groups -OCH3 is 1. The largest absolute Gasteiger partial charge is 0.496 e. The predicted octanol–water partition coefficient (Wildman–Crippen LogP) is 7.00. The van der Waals surface area contributed by atoms with Crippen LogP contribution in [0, 0.1) is 0 Å². The molecule has 1 N–H and O–H groups in total. The molecule has 0 atom stereocenters. The third kappa shape index (κ3) is 13.4. The number of aryl methyl sites for hydroxylation is 3. The maximum absolute atomic E-state index is 12.1. The maximum atomic E-state index is 12.1. The zero-order chi connectivity index (χ0) is 28.8. The number of rotatable bonds is 16. The molecule has 0 saturated heterocycles. The van der Waals surface area contributed by atoms with Crippen LogP contribution in [-0.2, 0) is 30.7 Å². The first kappa shape index (κ1) is 33.2. The van der Waals surface area contributed by atoms with Gasteiger partial charge in [-0.05, 0) is 43.7 Å². The fraction of sp³-hybridized carbons (Fsp3) is 0.406. The van der Waals surface area contributed by atoms with Gasteiger partial charge in [-0.25, -0.2) is 0 Å². The van der Waals surface area contributed by atoms with Crippen LogP contribution in [0.1, 0.15) is 56.0 Å². The molecular formula is C32H43ClN4O2S. The molecule has 216 valence electrons. The predicted molar refractivity (Wildman–Crippen MR) is 169 cm³/mol. The molecule has 0 aliphatic carbocycles. The Kier molecular flexibility index (Phi) is 17.3. The number of halogens is 1. The lowest BCUT2D eigenvalue weighted by molar-refractivity contribution is -0.121. The topological polar surface area (TPSA) is 69.0 Å². The van der Waals surface area contributed by atoms with E-state index in [4.69, 9.17) is 16.3 Å². The third-order valence-electron chi connectivity index (χ3n) is 6.36. The van der Waals surface area contributed by atoms with Crippen molar-refractivity contribution < 1.29 is 9.53 Å². The van der Waals surface area contributed by atoms with Gasteiger partial charge in [-0.1, -0.05) is 79.3 Å². The number of amides is 1. The van der Waals surface area contributed by atoms with Crippen LogP contribution >= 0.6 is 24.2 Å². The minimum Gasteiger partial charge on any atom is -0.496 e. The second kappa shape index (κ2) is 20.8. The Morgan fingerprint density at radius 3 is 2.58 bits per heavy atom. The van der Waals surface area contributed by atoms with Gasteiger partial charge in [0, 0.05) is 43.1 Å². The maximum Gasteiger partial charge on any atom is 0.220 e. The number of nitrogens with one attached hydrogen (secondary N) is 1. The first-order valence-electron chi connectivity index (χ1n) is 13.9. The Balaban J connectivity index is 0.000000432. The summed E-state index contributed by atoms with van der Waals surface area (Å²) < 4.78 is 7.42. The first-order chi connectivity index (χ1) is 19.6. The fourth-order valence-electron chi connectivity index (χ4n) is 3.97. The molecule has 0 aliphatic rings. The minimum absolute atomic E-state index is 0.0569. The molecule has 0 bridgehead atoms.